The second-order valence-corrected chi connectivity index (χ2v) is 14.0. The summed E-state index contributed by atoms with van der Waals surface area (Å²) in [6.07, 6.45) is 1.30. The number of nitrogens with zero attached hydrogens (tertiary/aromatic N) is 2. The number of nitrogens with one attached hydrogen (secondary N) is 1. The van der Waals surface area contributed by atoms with Crippen LogP contribution in [0.4, 0.5) is 5.69 Å². The van der Waals surface area contributed by atoms with Gasteiger partial charge in [-0.05, 0) is 74.7 Å². The van der Waals surface area contributed by atoms with E-state index in [2.05, 4.69) is 21.2 Å². The molecular formula is C30H35BrClN3O4S. The van der Waals surface area contributed by atoms with E-state index in [9.17, 15) is 18.0 Å². The lowest BCUT2D eigenvalue weighted by Gasteiger charge is -2.35. The predicted molar refractivity (Wildman–Crippen MR) is 165 cm³/mol. The van der Waals surface area contributed by atoms with Crippen LogP contribution < -0.4 is 9.62 Å². The van der Waals surface area contributed by atoms with Gasteiger partial charge in [-0.25, -0.2) is 8.42 Å². The molecule has 1 N–H and O–H groups in total. The van der Waals surface area contributed by atoms with Crippen molar-refractivity contribution in [2.75, 3.05) is 17.1 Å². The van der Waals surface area contributed by atoms with Crippen LogP contribution in [0.2, 0.25) is 5.02 Å². The highest BCUT2D eigenvalue weighted by molar-refractivity contribution is 9.10. The number of carbonyl (C=O) groups excluding carboxylic acids is 2. The Bertz CT molecular complexity index is 1460. The van der Waals surface area contributed by atoms with Gasteiger partial charge < -0.3 is 10.2 Å². The van der Waals surface area contributed by atoms with Crippen molar-refractivity contribution < 1.29 is 18.0 Å². The quantitative estimate of drug-likeness (QED) is 0.304. The van der Waals surface area contributed by atoms with Crippen LogP contribution in [0, 0.1) is 6.92 Å². The van der Waals surface area contributed by atoms with Crippen LogP contribution in [0.25, 0.3) is 0 Å². The molecule has 3 aromatic carbocycles. The topological polar surface area (TPSA) is 86.8 Å². The lowest BCUT2D eigenvalue weighted by molar-refractivity contribution is -0.140. The number of sulfonamides is 1. The smallest absolute Gasteiger partial charge is 0.244 e. The molecule has 0 bridgehead atoms. The number of benzene rings is 3. The molecule has 40 heavy (non-hydrogen) atoms. The fourth-order valence-corrected chi connectivity index (χ4v) is 5.54. The zero-order chi connectivity index (χ0) is 29.7. The summed E-state index contributed by atoms with van der Waals surface area (Å²) in [5, 5.41) is 3.50. The normalized spacial score (nSPS) is 12.5. The summed E-state index contributed by atoms with van der Waals surface area (Å²) in [7, 11) is -3.84. The van der Waals surface area contributed by atoms with E-state index in [-0.39, 0.29) is 18.9 Å². The molecule has 0 fully saturated rings. The van der Waals surface area contributed by atoms with E-state index in [1.165, 1.54) is 4.90 Å². The van der Waals surface area contributed by atoms with Gasteiger partial charge in [-0.1, -0.05) is 70.0 Å². The van der Waals surface area contributed by atoms with E-state index >= 15 is 0 Å². The Morgan fingerprint density at radius 3 is 2.20 bits per heavy atom. The molecule has 3 aromatic rings. The minimum atomic E-state index is -3.84. The van der Waals surface area contributed by atoms with Crippen LogP contribution in [0.1, 0.15) is 37.5 Å². The molecule has 0 aliphatic rings. The first-order valence-electron chi connectivity index (χ1n) is 12.8. The average Bonchev–Trinajstić information content (AvgIpc) is 2.85. The Morgan fingerprint density at radius 2 is 1.62 bits per heavy atom. The van der Waals surface area contributed by atoms with Crippen molar-refractivity contribution >= 4 is 55.1 Å². The molecule has 0 saturated heterocycles. The maximum Gasteiger partial charge on any atom is 0.244 e. The van der Waals surface area contributed by atoms with E-state index < -0.39 is 34.1 Å². The lowest BCUT2D eigenvalue weighted by atomic mass is 10.0. The van der Waals surface area contributed by atoms with Crippen molar-refractivity contribution in [3.8, 4) is 0 Å². The van der Waals surface area contributed by atoms with Crippen molar-refractivity contribution in [1.82, 2.24) is 10.2 Å². The molecule has 0 heterocycles. The van der Waals surface area contributed by atoms with Crippen LogP contribution in [-0.4, -0.2) is 49.5 Å². The fourth-order valence-electron chi connectivity index (χ4n) is 4.24. The highest BCUT2D eigenvalue weighted by atomic mass is 79.9. The van der Waals surface area contributed by atoms with Gasteiger partial charge in [-0.15, -0.1) is 0 Å². The molecule has 1 atom stereocenters. The fraction of sp³-hybridized carbons (Fsp3) is 0.333. The minimum absolute atomic E-state index is 0.0609. The standard InChI is InChI=1S/C30H35BrClN3O4S/c1-21-16-25(14-15-26(21)31)35(40(5,38)39)20-28(36)34(19-23-12-9-13-24(32)17-23)27(29(37)33-30(2,3)4)18-22-10-7-6-8-11-22/h6-17,27H,18-20H2,1-5H3,(H,33,37). The Labute approximate surface area is 250 Å². The molecular weight excluding hydrogens is 614 g/mol. The van der Waals surface area contributed by atoms with Gasteiger partial charge >= 0.3 is 0 Å². The summed E-state index contributed by atoms with van der Waals surface area (Å²) in [4.78, 5) is 29.3. The second-order valence-electron chi connectivity index (χ2n) is 10.8. The first-order chi connectivity index (χ1) is 18.6. The third-order valence-corrected chi connectivity index (χ3v) is 8.39. The van der Waals surface area contributed by atoms with Crippen molar-refractivity contribution in [3.63, 3.8) is 0 Å². The van der Waals surface area contributed by atoms with Gasteiger partial charge in [-0.2, -0.15) is 0 Å². The van der Waals surface area contributed by atoms with Gasteiger partial charge in [-0.3, -0.25) is 13.9 Å². The van der Waals surface area contributed by atoms with E-state index in [0.717, 1.165) is 26.2 Å². The van der Waals surface area contributed by atoms with Crippen LogP contribution in [0.5, 0.6) is 0 Å². The second kappa shape index (κ2) is 13.2. The zero-order valence-electron chi connectivity index (χ0n) is 23.3. The van der Waals surface area contributed by atoms with Crippen molar-refractivity contribution in [2.24, 2.45) is 0 Å². The largest absolute Gasteiger partial charge is 0.350 e. The number of rotatable bonds is 10. The summed E-state index contributed by atoms with van der Waals surface area (Å²) < 4.78 is 27.7. The van der Waals surface area contributed by atoms with Crippen molar-refractivity contribution in [2.45, 2.75) is 52.2 Å². The van der Waals surface area contributed by atoms with Gasteiger partial charge in [0.1, 0.15) is 12.6 Å². The third kappa shape index (κ3) is 9.08. The van der Waals surface area contributed by atoms with Gasteiger partial charge in [0.2, 0.25) is 21.8 Å². The number of halogens is 2. The molecule has 0 radical (unpaired) electrons. The van der Waals surface area contributed by atoms with Crippen LogP contribution in [-0.2, 0) is 32.6 Å². The molecule has 0 aromatic heterocycles. The summed E-state index contributed by atoms with van der Waals surface area (Å²) in [5.74, 6) is -0.854. The zero-order valence-corrected chi connectivity index (χ0v) is 26.5. The predicted octanol–water partition coefficient (Wildman–Crippen LogP) is 5.73. The van der Waals surface area contributed by atoms with Gasteiger partial charge in [0.25, 0.3) is 0 Å². The molecule has 0 saturated carbocycles. The molecule has 0 aliphatic heterocycles. The number of carbonyl (C=O) groups is 2. The third-order valence-electron chi connectivity index (χ3n) is 6.12. The number of anilines is 1. The first kappa shape index (κ1) is 31.6. The summed E-state index contributed by atoms with van der Waals surface area (Å²) in [6.45, 7) is 7.03. The Hall–Kier alpha value is -2.88. The highest BCUT2D eigenvalue weighted by Crippen LogP contribution is 2.26. The number of amides is 2. The summed E-state index contributed by atoms with van der Waals surface area (Å²) in [5.41, 5.74) is 2.21. The maximum absolute atomic E-state index is 14.1. The summed E-state index contributed by atoms with van der Waals surface area (Å²) >= 11 is 9.68. The highest BCUT2D eigenvalue weighted by Gasteiger charge is 2.34. The monoisotopic (exact) mass is 647 g/mol. The SMILES string of the molecule is Cc1cc(N(CC(=O)N(Cc2cccc(Cl)c2)C(Cc2ccccc2)C(=O)NC(C)(C)C)S(C)(=O)=O)ccc1Br. The molecule has 0 spiro atoms. The number of hydrogen-bond donors (Lipinski definition) is 1. The van der Waals surface area contributed by atoms with Gasteiger partial charge in [0, 0.05) is 28.0 Å². The number of aryl methyl sites for hydroxylation is 1. The summed E-state index contributed by atoms with van der Waals surface area (Å²) in [6, 6.07) is 20.6. The Balaban J connectivity index is 2.09. The molecule has 214 valence electrons. The molecule has 10 heteroatoms. The molecule has 7 nitrogen and oxygen atoms in total. The molecule has 3 rings (SSSR count). The van der Waals surface area contributed by atoms with E-state index in [0.29, 0.717) is 16.3 Å². The van der Waals surface area contributed by atoms with E-state index in [4.69, 9.17) is 11.6 Å². The van der Waals surface area contributed by atoms with Crippen molar-refractivity contribution in [1.29, 1.82) is 0 Å². The van der Waals surface area contributed by atoms with Gasteiger partial charge in [0.15, 0.2) is 0 Å². The molecule has 0 aliphatic carbocycles. The minimum Gasteiger partial charge on any atom is -0.350 e. The van der Waals surface area contributed by atoms with Crippen LogP contribution in [0.3, 0.4) is 0 Å². The van der Waals surface area contributed by atoms with Crippen LogP contribution in [0.15, 0.2) is 77.3 Å². The van der Waals surface area contributed by atoms with E-state index in [1.807, 2.05) is 64.1 Å². The average molecular weight is 649 g/mol. The first-order valence-corrected chi connectivity index (χ1v) is 15.8. The van der Waals surface area contributed by atoms with Crippen molar-refractivity contribution in [3.05, 3.63) is 99.0 Å². The maximum atomic E-state index is 14.1. The lowest BCUT2D eigenvalue weighted by Crippen LogP contribution is -2.56. The van der Waals surface area contributed by atoms with Crippen LogP contribution >= 0.6 is 27.5 Å². The Morgan fingerprint density at radius 1 is 0.975 bits per heavy atom. The Kier molecular flexibility index (Phi) is 10.4. The number of hydrogen-bond acceptors (Lipinski definition) is 4. The molecule has 1 unspecified atom stereocenters. The van der Waals surface area contributed by atoms with E-state index in [1.54, 1.807) is 36.4 Å². The molecule has 2 amide bonds. The van der Waals surface area contributed by atoms with Gasteiger partial charge in [0.05, 0.1) is 11.9 Å².